The molecule has 1 aromatic rings. The van der Waals surface area contributed by atoms with Crippen LogP contribution in [-0.2, 0) is 9.59 Å². The number of carbonyl (C=O) groups excluding carboxylic acids is 2. The van der Waals surface area contributed by atoms with Crippen molar-refractivity contribution in [2.45, 2.75) is 25.7 Å². The number of isocyanates is 2. The predicted octanol–water partition coefficient (Wildman–Crippen LogP) is 3.36. The average molecular weight is 240 g/mol. The fourth-order valence-electron chi connectivity index (χ4n) is 2.21. The highest BCUT2D eigenvalue weighted by Crippen LogP contribution is 2.38. The minimum absolute atomic E-state index is 0.269. The van der Waals surface area contributed by atoms with Gasteiger partial charge < -0.3 is 0 Å². The molecule has 0 aromatic heterocycles. The minimum atomic E-state index is 0.269. The SMILES string of the molecule is Cc1cc(C2C=CCC2)c(N=C=O)cc1N=C=O. The topological polar surface area (TPSA) is 58.9 Å². The van der Waals surface area contributed by atoms with Crippen LogP contribution in [0.2, 0.25) is 0 Å². The molecule has 0 amide bonds. The monoisotopic (exact) mass is 240 g/mol. The number of allylic oxidation sites excluding steroid dienone is 2. The third kappa shape index (κ3) is 2.35. The van der Waals surface area contributed by atoms with Crippen LogP contribution >= 0.6 is 0 Å². The van der Waals surface area contributed by atoms with Crippen molar-refractivity contribution in [2.24, 2.45) is 9.98 Å². The van der Waals surface area contributed by atoms with Gasteiger partial charge >= 0.3 is 0 Å². The highest BCUT2D eigenvalue weighted by atomic mass is 16.1. The molecule has 1 atom stereocenters. The molecule has 1 aliphatic rings. The third-order valence-electron chi connectivity index (χ3n) is 3.09. The van der Waals surface area contributed by atoms with Crippen LogP contribution in [-0.4, -0.2) is 12.2 Å². The van der Waals surface area contributed by atoms with Gasteiger partial charge in [0.1, 0.15) is 0 Å². The first-order chi connectivity index (χ1) is 8.76. The van der Waals surface area contributed by atoms with Crippen molar-refractivity contribution in [3.63, 3.8) is 0 Å². The molecule has 90 valence electrons. The van der Waals surface area contributed by atoms with Crippen molar-refractivity contribution < 1.29 is 9.59 Å². The summed E-state index contributed by atoms with van der Waals surface area (Å²) in [4.78, 5) is 28.1. The molecular formula is C14H12N2O2. The van der Waals surface area contributed by atoms with E-state index in [9.17, 15) is 9.59 Å². The molecule has 0 saturated heterocycles. The lowest BCUT2D eigenvalue weighted by molar-refractivity contribution is 0.564. The second-order valence-corrected chi connectivity index (χ2v) is 4.22. The molecule has 0 spiro atoms. The van der Waals surface area contributed by atoms with Crippen LogP contribution in [0.3, 0.4) is 0 Å². The Morgan fingerprint density at radius 1 is 1.17 bits per heavy atom. The first-order valence-corrected chi connectivity index (χ1v) is 5.73. The smallest absolute Gasteiger partial charge is 0.211 e. The number of hydrogen-bond acceptors (Lipinski definition) is 4. The molecule has 0 fully saturated rings. The Hall–Kier alpha value is -2.28. The molecule has 4 heteroatoms. The first kappa shape index (κ1) is 12.2. The minimum Gasteiger partial charge on any atom is -0.211 e. The van der Waals surface area contributed by atoms with E-state index >= 15 is 0 Å². The number of nitrogens with zero attached hydrogens (tertiary/aromatic N) is 2. The Bertz CT molecular complexity index is 592. The van der Waals surface area contributed by atoms with Gasteiger partial charge in [-0.2, -0.15) is 9.98 Å². The van der Waals surface area contributed by atoms with Crippen LogP contribution < -0.4 is 0 Å². The summed E-state index contributed by atoms with van der Waals surface area (Å²) < 4.78 is 0. The van der Waals surface area contributed by atoms with E-state index in [-0.39, 0.29) is 5.92 Å². The second-order valence-electron chi connectivity index (χ2n) is 4.22. The van der Waals surface area contributed by atoms with Crippen molar-refractivity contribution in [2.75, 3.05) is 0 Å². The molecule has 0 bridgehead atoms. The van der Waals surface area contributed by atoms with E-state index in [1.807, 2.05) is 13.0 Å². The summed E-state index contributed by atoms with van der Waals surface area (Å²) in [5.41, 5.74) is 2.87. The highest BCUT2D eigenvalue weighted by molar-refractivity contribution is 5.66. The molecule has 1 aromatic carbocycles. The summed E-state index contributed by atoms with van der Waals surface area (Å²) in [6.07, 6.45) is 9.32. The number of rotatable bonds is 3. The van der Waals surface area contributed by atoms with Crippen molar-refractivity contribution in [3.05, 3.63) is 35.4 Å². The van der Waals surface area contributed by atoms with Crippen LogP contribution in [0.5, 0.6) is 0 Å². The average Bonchev–Trinajstić information content (AvgIpc) is 2.87. The molecule has 4 nitrogen and oxygen atoms in total. The zero-order valence-electron chi connectivity index (χ0n) is 10.0. The van der Waals surface area contributed by atoms with Gasteiger partial charge in [-0.3, -0.25) is 0 Å². The van der Waals surface area contributed by atoms with Crippen LogP contribution in [0, 0.1) is 6.92 Å². The third-order valence-corrected chi connectivity index (χ3v) is 3.09. The maximum Gasteiger partial charge on any atom is 0.240 e. The Balaban J connectivity index is 2.57. The summed E-state index contributed by atoms with van der Waals surface area (Å²) in [5, 5.41) is 0. The van der Waals surface area contributed by atoms with Crippen molar-refractivity contribution in [3.8, 4) is 0 Å². The lowest BCUT2D eigenvalue weighted by Gasteiger charge is -2.12. The lowest BCUT2D eigenvalue weighted by Crippen LogP contribution is -1.93. The largest absolute Gasteiger partial charge is 0.240 e. The van der Waals surface area contributed by atoms with Gasteiger partial charge in [-0.25, -0.2) is 9.59 Å². The van der Waals surface area contributed by atoms with Crippen molar-refractivity contribution >= 4 is 23.5 Å². The van der Waals surface area contributed by atoms with Gasteiger partial charge in [0.05, 0.1) is 11.4 Å². The zero-order valence-corrected chi connectivity index (χ0v) is 10.0. The second kappa shape index (κ2) is 5.37. The summed E-state index contributed by atoms with van der Waals surface area (Å²) in [7, 11) is 0. The fraction of sp³-hybridized carbons (Fsp3) is 0.286. The molecule has 1 aliphatic carbocycles. The maximum absolute atomic E-state index is 10.5. The molecule has 0 radical (unpaired) electrons. The zero-order chi connectivity index (χ0) is 13.0. The van der Waals surface area contributed by atoms with E-state index in [1.165, 1.54) is 6.08 Å². The van der Waals surface area contributed by atoms with E-state index in [0.717, 1.165) is 24.0 Å². The van der Waals surface area contributed by atoms with E-state index in [2.05, 4.69) is 22.1 Å². The molecule has 1 unspecified atom stereocenters. The quantitative estimate of drug-likeness (QED) is 0.462. The Labute approximate surface area is 105 Å². The first-order valence-electron chi connectivity index (χ1n) is 5.73. The molecular weight excluding hydrogens is 228 g/mol. The predicted molar refractivity (Wildman–Crippen MR) is 67.9 cm³/mol. The van der Waals surface area contributed by atoms with Crippen LogP contribution in [0.15, 0.2) is 34.3 Å². The molecule has 18 heavy (non-hydrogen) atoms. The number of hydrogen-bond donors (Lipinski definition) is 0. The van der Waals surface area contributed by atoms with Crippen LogP contribution in [0.25, 0.3) is 0 Å². The van der Waals surface area contributed by atoms with Crippen LogP contribution in [0.4, 0.5) is 11.4 Å². The van der Waals surface area contributed by atoms with Gasteiger partial charge in [0.2, 0.25) is 12.2 Å². The van der Waals surface area contributed by atoms with Crippen molar-refractivity contribution in [1.29, 1.82) is 0 Å². The van der Waals surface area contributed by atoms with Gasteiger partial charge in [0, 0.05) is 5.92 Å². The molecule has 0 heterocycles. The summed E-state index contributed by atoms with van der Waals surface area (Å²) in [6.45, 7) is 1.87. The Morgan fingerprint density at radius 3 is 2.50 bits per heavy atom. The van der Waals surface area contributed by atoms with Gasteiger partial charge in [0.25, 0.3) is 0 Å². The standard InChI is InChI=1S/C14H12N2O2/c1-10-6-12(11-4-2-3-5-11)14(16-9-18)7-13(10)15-8-17/h2,4,6-7,11H,3,5H2,1H3. The Morgan fingerprint density at radius 2 is 1.89 bits per heavy atom. The van der Waals surface area contributed by atoms with E-state index in [1.54, 1.807) is 12.1 Å². The fourth-order valence-corrected chi connectivity index (χ4v) is 2.21. The van der Waals surface area contributed by atoms with Gasteiger partial charge in [-0.05, 0) is 37.0 Å². The lowest BCUT2D eigenvalue weighted by atomic mass is 9.94. The Kier molecular flexibility index (Phi) is 3.63. The number of benzene rings is 1. The molecule has 0 N–H and O–H groups in total. The van der Waals surface area contributed by atoms with Crippen molar-refractivity contribution in [1.82, 2.24) is 0 Å². The van der Waals surface area contributed by atoms with E-state index in [4.69, 9.17) is 0 Å². The molecule has 0 aliphatic heterocycles. The van der Waals surface area contributed by atoms with E-state index in [0.29, 0.717) is 11.4 Å². The summed E-state index contributed by atoms with van der Waals surface area (Å²) >= 11 is 0. The number of aliphatic imine (C=N–C) groups is 2. The summed E-state index contributed by atoms with van der Waals surface area (Å²) in [6, 6.07) is 3.55. The normalized spacial score (nSPS) is 17.1. The molecule has 0 saturated carbocycles. The summed E-state index contributed by atoms with van der Waals surface area (Å²) in [5.74, 6) is 0.269. The number of aryl methyl sites for hydroxylation is 1. The molecule has 2 rings (SSSR count). The van der Waals surface area contributed by atoms with Gasteiger partial charge in [0.15, 0.2) is 0 Å². The van der Waals surface area contributed by atoms with Gasteiger partial charge in [-0.1, -0.05) is 18.2 Å². The van der Waals surface area contributed by atoms with Gasteiger partial charge in [-0.15, -0.1) is 0 Å². The maximum atomic E-state index is 10.5. The van der Waals surface area contributed by atoms with E-state index < -0.39 is 0 Å². The highest BCUT2D eigenvalue weighted by Gasteiger charge is 2.17. The van der Waals surface area contributed by atoms with Crippen LogP contribution in [0.1, 0.15) is 29.9 Å².